The number of amides is 3. The summed E-state index contributed by atoms with van der Waals surface area (Å²) in [4.78, 5) is 35.7. The molecule has 1 fully saturated rings. The second kappa shape index (κ2) is 7.17. The van der Waals surface area contributed by atoms with E-state index >= 15 is 0 Å². The number of anilines is 1. The highest BCUT2D eigenvalue weighted by molar-refractivity contribution is 6.42. The van der Waals surface area contributed by atoms with Crippen molar-refractivity contribution in [2.75, 3.05) is 18.4 Å². The van der Waals surface area contributed by atoms with Gasteiger partial charge in [-0.1, -0.05) is 12.1 Å². The molecule has 1 aliphatic rings. The maximum atomic E-state index is 11.9. The molecule has 1 aliphatic heterocycles. The molecule has 2 rings (SSSR count). The zero-order valence-electron chi connectivity index (χ0n) is 12.9. The van der Waals surface area contributed by atoms with Crippen molar-refractivity contribution in [2.24, 2.45) is 5.92 Å². The van der Waals surface area contributed by atoms with Crippen LogP contribution in [0.15, 0.2) is 18.2 Å². The van der Waals surface area contributed by atoms with Crippen LogP contribution < -0.4 is 16.0 Å². The molecule has 1 aromatic carbocycles. The Balaban J connectivity index is 1.93. The first-order valence-corrected chi connectivity index (χ1v) is 7.41. The van der Waals surface area contributed by atoms with Crippen molar-refractivity contribution in [1.29, 1.82) is 0 Å². The average molecular weight is 303 g/mol. The van der Waals surface area contributed by atoms with E-state index in [0.29, 0.717) is 18.5 Å². The number of carbonyl (C=O) groups is 3. The third-order valence-electron chi connectivity index (χ3n) is 3.79. The van der Waals surface area contributed by atoms with Crippen molar-refractivity contribution in [1.82, 2.24) is 10.6 Å². The standard InChI is InChI=1S/C16H21N3O3/c1-10-3-4-11(2)13(9-10)18-15(21)16(22)19-14(20)12-5-7-17-8-6-12/h3-4,9,12,17H,5-8H2,1-2H3,(H,18,21)(H,19,20,22). The van der Waals surface area contributed by atoms with Crippen molar-refractivity contribution in [3.8, 4) is 0 Å². The fourth-order valence-electron chi connectivity index (χ4n) is 2.40. The van der Waals surface area contributed by atoms with Crippen LogP contribution in [-0.4, -0.2) is 30.8 Å². The third kappa shape index (κ3) is 4.14. The third-order valence-corrected chi connectivity index (χ3v) is 3.79. The number of rotatable bonds is 2. The maximum absolute atomic E-state index is 11.9. The highest BCUT2D eigenvalue weighted by atomic mass is 16.2. The van der Waals surface area contributed by atoms with Crippen LogP contribution in [0, 0.1) is 19.8 Å². The molecule has 1 saturated heterocycles. The zero-order valence-corrected chi connectivity index (χ0v) is 12.9. The summed E-state index contributed by atoms with van der Waals surface area (Å²) in [5.74, 6) is -2.32. The summed E-state index contributed by atoms with van der Waals surface area (Å²) in [5, 5.41) is 7.88. The lowest BCUT2D eigenvalue weighted by molar-refractivity contribution is -0.141. The van der Waals surface area contributed by atoms with E-state index in [2.05, 4.69) is 16.0 Å². The van der Waals surface area contributed by atoms with Crippen LogP contribution in [0.2, 0.25) is 0 Å². The van der Waals surface area contributed by atoms with Gasteiger partial charge in [0.05, 0.1) is 0 Å². The van der Waals surface area contributed by atoms with Crippen LogP contribution in [0.3, 0.4) is 0 Å². The molecule has 0 radical (unpaired) electrons. The normalized spacial score (nSPS) is 15.2. The number of imide groups is 1. The molecule has 0 saturated carbocycles. The van der Waals surface area contributed by atoms with Gasteiger partial charge < -0.3 is 10.6 Å². The molecule has 22 heavy (non-hydrogen) atoms. The molecule has 0 spiro atoms. The van der Waals surface area contributed by atoms with Gasteiger partial charge in [0.25, 0.3) is 0 Å². The second-order valence-electron chi connectivity index (χ2n) is 5.62. The Kier molecular flexibility index (Phi) is 5.27. The van der Waals surface area contributed by atoms with E-state index < -0.39 is 11.8 Å². The summed E-state index contributed by atoms with van der Waals surface area (Å²) in [6, 6.07) is 5.57. The molecule has 1 heterocycles. The largest absolute Gasteiger partial charge is 0.318 e. The van der Waals surface area contributed by atoms with E-state index in [4.69, 9.17) is 0 Å². The van der Waals surface area contributed by atoms with E-state index in [-0.39, 0.29) is 11.8 Å². The molecular formula is C16H21N3O3. The SMILES string of the molecule is Cc1ccc(C)c(NC(=O)C(=O)NC(=O)C2CCNCC2)c1. The van der Waals surface area contributed by atoms with Gasteiger partial charge in [-0.25, -0.2) is 0 Å². The molecule has 3 amide bonds. The summed E-state index contributed by atoms with van der Waals surface area (Å²) in [6.07, 6.45) is 1.36. The van der Waals surface area contributed by atoms with Crippen LogP contribution in [0.1, 0.15) is 24.0 Å². The van der Waals surface area contributed by atoms with E-state index in [9.17, 15) is 14.4 Å². The molecule has 0 aromatic heterocycles. The van der Waals surface area contributed by atoms with Crippen molar-refractivity contribution < 1.29 is 14.4 Å². The Morgan fingerprint density at radius 3 is 2.45 bits per heavy atom. The molecular weight excluding hydrogens is 282 g/mol. The summed E-state index contributed by atoms with van der Waals surface area (Å²) in [7, 11) is 0. The topological polar surface area (TPSA) is 87.3 Å². The molecule has 0 bridgehead atoms. The van der Waals surface area contributed by atoms with Crippen molar-refractivity contribution in [2.45, 2.75) is 26.7 Å². The zero-order chi connectivity index (χ0) is 16.1. The Bertz CT molecular complexity index is 592. The minimum Gasteiger partial charge on any atom is -0.318 e. The van der Waals surface area contributed by atoms with Gasteiger partial charge in [-0.05, 0) is 57.0 Å². The number of nitrogens with one attached hydrogen (secondary N) is 3. The van der Waals surface area contributed by atoms with Crippen LogP contribution in [-0.2, 0) is 14.4 Å². The van der Waals surface area contributed by atoms with Crippen LogP contribution in [0.5, 0.6) is 0 Å². The van der Waals surface area contributed by atoms with Gasteiger partial charge in [0.1, 0.15) is 0 Å². The van der Waals surface area contributed by atoms with Gasteiger partial charge >= 0.3 is 11.8 Å². The summed E-state index contributed by atoms with van der Waals surface area (Å²) in [5.41, 5.74) is 2.41. The Labute approximate surface area is 129 Å². The first kappa shape index (κ1) is 16.2. The minimum atomic E-state index is -0.913. The van der Waals surface area contributed by atoms with E-state index in [1.54, 1.807) is 6.07 Å². The number of aryl methyl sites for hydroxylation is 2. The number of carbonyl (C=O) groups excluding carboxylic acids is 3. The van der Waals surface area contributed by atoms with Crippen molar-refractivity contribution >= 4 is 23.4 Å². The summed E-state index contributed by atoms with van der Waals surface area (Å²) in [6.45, 7) is 5.24. The van der Waals surface area contributed by atoms with Crippen LogP contribution >= 0.6 is 0 Å². The van der Waals surface area contributed by atoms with Gasteiger partial charge in [-0.3, -0.25) is 19.7 Å². The minimum absolute atomic E-state index is 0.210. The molecule has 0 aliphatic carbocycles. The highest BCUT2D eigenvalue weighted by Gasteiger charge is 2.25. The Morgan fingerprint density at radius 2 is 1.77 bits per heavy atom. The lowest BCUT2D eigenvalue weighted by atomic mass is 9.97. The van der Waals surface area contributed by atoms with E-state index in [1.165, 1.54) is 0 Å². The summed E-state index contributed by atoms with van der Waals surface area (Å²) >= 11 is 0. The molecule has 118 valence electrons. The number of benzene rings is 1. The van der Waals surface area contributed by atoms with Crippen molar-refractivity contribution in [3.05, 3.63) is 29.3 Å². The highest BCUT2D eigenvalue weighted by Crippen LogP contribution is 2.16. The first-order valence-electron chi connectivity index (χ1n) is 7.41. The lowest BCUT2D eigenvalue weighted by Crippen LogP contribution is -2.44. The Morgan fingerprint density at radius 1 is 1.09 bits per heavy atom. The predicted octanol–water partition coefficient (Wildman–Crippen LogP) is 0.884. The molecule has 3 N–H and O–H groups in total. The molecule has 6 heteroatoms. The van der Waals surface area contributed by atoms with Gasteiger partial charge in [0, 0.05) is 11.6 Å². The Hall–Kier alpha value is -2.21. The number of piperidine rings is 1. The van der Waals surface area contributed by atoms with Gasteiger partial charge in [-0.2, -0.15) is 0 Å². The summed E-state index contributed by atoms with van der Waals surface area (Å²) < 4.78 is 0. The van der Waals surface area contributed by atoms with Gasteiger partial charge in [0.15, 0.2) is 0 Å². The van der Waals surface area contributed by atoms with E-state index in [0.717, 1.165) is 24.2 Å². The predicted molar refractivity (Wildman–Crippen MR) is 83.3 cm³/mol. The second-order valence-corrected chi connectivity index (χ2v) is 5.62. The maximum Gasteiger partial charge on any atom is 0.316 e. The van der Waals surface area contributed by atoms with Gasteiger partial charge in [0.2, 0.25) is 5.91 Å². The van der Waals surface area contributed by atoms with Crippen LogP contribution in [0.25, 0.3) is 0 Å². The fourth-order valence-corrected chi connectivity index (χ4v) is 2.40. The lowest BCUT2D eigenvalue weighted by Gasteiger charge is -2.21. The molecule has 6 nitrogen and oxygen atoms in total. The first-order chi connectivity index (χ1) is 10.5. The quantitative estimate of drug-likeness (QED) is 0.708. The monoisotopic (exact) mass is 303 g/mol. The average Bonchev–Trinajstić information content (AvgIpc) is 2.51. The molecule has 1 aromatic rings. The fraction of sp³-hybridized carbons (Fsp3) is 0.438. The van der Waals surface area contributed by atoms with Crippen LogP contribution in [0.4, 0.5) is 5.69 Å². The van der Waals surface area contributed by atoms with E-state index in [1.807, 2.05) is 26.0 Å². The molecule has 0 atom stereocenters. The molecule has 0 unspecified atom stereocenters. The van der Waals surface area contributed by atoms with Gasteiger partial charge in [-0.15, -0.1) is 0 Å². The number of hydrogen-bond donors (Lipinski definition) is 3. The smallest absolute Gasteiger partial charge is 0.316 e. The van der Waals surface area contributed by atoms with Crippen molar-refractivity contribution in [3.63, 3.8) is 0 Å². The number of hydrogen-bond acceptors (Lipinski definition) is 4.